The van der Waals surface area contributed by atoms with Crippen molar-refractivity contribution in [3.05, 3.63) is 46.5 Å². The van der Waals surface area contributed by atoms with Crippen molar-refractivity contribution in [3.8, 4) is 6.07 Å². The maximum Gasteiger partial charge on any atom is 0.351 e. The van der Waals surface area contributed by atoms with Crippen LogP contribution < -0.4 is 5.32 Å². The topological polar surface area (TPSA) is 194 Å². The number of hydrogen-bond acceptors (Lipinski definition) is 15. The van der Waals surface area contributed by atoms with Crippen molar-refractivity contribution in [1.82, 2.24) is 5.32 Å². The summed E-state index contributed by atoms with van der Waals surface area (Å²) < 4.78 is 32.2. The minimum Gasteiger partial charge on any atom is -0.463 e. The molecule has 0 saturated carbocycles. The minimum atomic E-state index is -1.53. The zero-order valence-corrected chi connectivity index (χ0v) is 25.0. The molecule has 5 atom stereocenters. The van der Waals surface area contributed by atoms with E-state index in [2.05, 4.69) is 5.32 Å². The highest BCUT2D eigenvalue weighted by Crippen LogP contribution is 2.31. The van der Waals surface area contributed by atoms with Crippen molar-refractivity contribution in [2.45, 2.75) is 65.3 Å². The molecule has 14 nitrogen and oxygen atoms in total. The molecule has 43 heavy (non-hydrogen) atoms. The fraction of sp³-hybridized carbons (Fsp3) is 0.464. The van der Waals surface area contributed by atoms with E-state index in [4.69, 9.17) is 28.4 Å². The Morgan fingerprint density at radius 1 is 0.860 bits per heavy atom. The van der Waals surface area contributed by atoms with Gasteiger partial charge in [-0.15, -0.1) is 0 Å². The largest absolute Gasteiger partial charge is 0.463 e. The van der Waals surface area contributed by atoms with E-state index in [0.29, 0.717) is 5.56 Å². The molecule has 232 valence electrons. The van der Waals surface area contributed by atoms with Gasteiger partial charge in [-0.05, 0) is 6.92 Å². The first-order valence-electron chi connectivity index (χ1n) is 13.0. The molecule has 15 heteroatoms. The van der Waals surface area contributed by atoms with Crippen LogP contribution in [0.5, 0.6) is 0 Å². The summed E-state index contributed by atoms with van der Waals surface area (Å²) in [5.41, 5.74) is -0.156. The molecular formula is C28H32N2O12S. The molecule has 0 bridgehead atoms. The van der Waals surface area contributed by atoms with Crippen LogP contribution in [-0.2, 0) is 52.4 Å². The number of ketones is 1. The molecule has 1 aliphatic rings. The normalized spacial score (nSPS) is 21.6. The second-order valence-corrected chi connectivity index (χ2v) is 9.86. The van der Waals surface area contributed by atoms with Gasteiger partial charge in [0.2, 0.25) is 0 Å². The molecule has 0 aromatic heterocycles. The summed E-state index contributed by atoms with van der Waals surface area (Å²) in [7, 11) is 0. The van der Waals surface area contributed by atoms with Gasteiger partial charge in [0.15, 0.2) is 35.9 Å². The lowest BCUT2D eigenvalue weighted by Crippen LogP contribution is -2.65. The van der Waals surface area contributed by atoms with Crippen LogP contribution in [-0.4, -0.2) is 85.2 Å². The maximum absolute atomic E-state index is 12.9. The number of carbonyl (C=O) groups excluding carboxylic acids is 6. The summed E-state index contributed by atoms with van der Waals surface area (Å²) >= 11 is 0.769. The average Bonchev–Trinajstić information content (AvgIpc) is 2.93. The summed E-state index contributed by atoms with van der Waals surface area (Å²) in [4.78, 5) is 73.4. The molecular weight excluding hydrogens is 588 g/mol. The molecule has 0 aliphatic carbocycles. The fourth-order valence-corrected chi connectivity index (χ4v) is 4.81. The van der Waals surface area contributed by atoms with Crippen molar-refractivity contribution in [2.75, 3.05) is 19.0 Å². The van der Waals surface area contributed by atoms with Gasteiger partial charge in [0.25, 0.3) is 0 Å². The molecule has 0 amide bonds. The number of nitrogens with zero attached hydrogens (tertiary/aromatic N) is 1. The van der Waals surface area contributed by atoms with Crippen LogP contribution in [0, 0.1) is 11.3 Å². The summed E-state index contributed by atoms with van der Waals surface area (Å²) in [5, 5.41) is 12.5. The van der Waals surface area contributed by atoms with E-state index in [9.17, 15) is 34.0 Å². The average molecular weight is 621 g/mol. The zero-order chi connectivity index (χ0) is 32.1. The number of carbonyl (C=O) groups is 6. The maximum atomic E-state index is 12.9. The fourth-order valence-electron chi connectivity index (χ4n) is 3.90. The van der Waals surface area contributed by atoms with Crippen molar-refractivity contribution in [2.24, 2.45) is 0 Å². The number of rotatable bonds is 13. The number of esters is 5. The highest BCUT2D eigenvalue weighted by atomic mass is 32.2. The molecule has 1 heterocycles. The second kappa shape index (κ2) is 16.9. The van der Waals surface area contributed by atoms with E-state index in [1.54, 1.807) is 36.4 Å². The van der Waals surface area contributed by atoms with Crippen LogP contribution in [0.3, 0.4) is 0 Å². The van der Waals surface area contributed by atoms with Crippen LogP contribution in [0.25, 0.3) is 0 Å². The van der Waals surface area contributed by atoms with Crippen LogP contribution in [0.15, 0.2) is 40.9 Å². The Balaban J connectivity index is 2.60. The third kappa shape index (κ3) is 10.7. The lowest BCUT2D eigenvalue weighted by molar-refractivity contribution is -0.256. The quantitative estimate of drug-likeness (QED) is 0.110. The number of ether oxygens (including phenoxy) is 6. The third-order valence-corrected chi connectivity index (χ3v) is 6.54. The molecule has 0 radical (unpaired) electrons. The molecule has 1 saturated heterocycles. The number of Topliss-reactive ketones (excluding diaryl/α,β-unsaturated/α-hetero) is 1. The van der Waals surface area contributed by atoms with Gasteiger partial charge in [-0.25, -0.2) is 4.79 Å². The van der Waals surface area contributed by atoms with Gasteiger partial charge >= 0.3 is 29.8 Å². The predicted molar refractivity (Wildman–Crippen MR) is 148 cm³/mol. The van der Waals surface area contributed by atoms with Crippen LogP contribution in [0.4, 0.5) is 0 Å². The van der Waals surface area contributed by atoms with E-state index in [0.717, 1.165) is 39.5 Å². The van der Waals surface area contributed by atoms with Gasteiger partial charge in [0.1, 0.15) is 18.8 Å². The lowest BCUT2D eigenvalue weighted by Gasteiger charge is -2.44. The molecule has 2 rings (SSSR count). The molecule has 0 unspecified atom stereocenters. The first-order valence-corrected chi connectivity index (χ1v) is 14.0. The van der Waals surface area contributed by atoms with Crippen LogP contribution in [0.1, 0.15) is 45.0 Å². The number of nitriles is 1. The minimum absolute atomic E-state index is 0.0655. The Morgan fingerprint density at radius 2 is 1.44 bits per heavy atom. The van der Waals surface area contributed by atoms with Crippen molar-refractivity contribution < 1.29 is 57.2 Å². The molecule has 1 aromatic rings. The van der Waals surface area contributed by atoms with Crippen molar-refractivity contribution >= 4 is 47.4 Å². The van der Waals surface area contributed by atoms with Gasteiger partial charge in [-0.2, -0.15) is 5.26 Å². The first-order chi connectivity index (χ1) is 20.4. The summed E-state index contributed by atoms with van der Waals surface area (Å²) in [6.07, 6.45) is -7.22. The van der Waals surface area contributed by atoms with Gasteiger partial charge < -0.3 is 33.7 Å². The Hall–Kier alpha value is -4.42. The van der Waals surface area contributed by atoms with Gasteiger partial charge in [0.05, 0.1) is 17.4 Å². The molecule has 1 N–H and O–H groups in total. The summed E-state index contributed by atoms with van der Waals surface area (Å²) in [5.74, 6) is -4.80. The van der Waals surface area contributed by atoms with Gasteiger partial charge in [-0.3, -0.25) is 24.0 Å². The molecule has 0 spiro atoms. The summed E-state index contributed by atoms with van der Waals surface area (Å²) in [6.45, 7) is 5.33. The predicted octanol–water partition coefficient (Wildman–Crippen LogP) is 1.57. The summed E-state index contributed by atoms with van der Waals surface area (Å²) in [6, 6.07) is 10.0. The smallest absolute Gasteiger partial charge is 0.351 e. The highest BCUT2D eigenvalue weighted by Gasteiger charge is 2.52. The first kappa shape index (κ1) is 34.8. The van der Waals surface area contributed by atoms with E-state index in [1.165, 1.54) is 6.92 Å². The van der Waals surface area contributed by atoms with Crippen molar-refractivity contribution in [1.29, 1.82) is 5.26 Å². The number of benzene rings is 1. The van der Waals surface area contributed by atoms with E-state index >= 15 is 0 Å². The van der Waals surface area contributed by atoms with E-state index < -0.39 is 72.7 Å². The lowest BCUT2D eigenvalue weighted by atomic mass is 9.97. The Morgan fingerprint density at radius 3 is 1.98 bits per heavy atom. The Kier molecular flexibility index (Phi) is 13.7. The Labute approximate surface area is 251 Å². The SMILES string of the molecule is CCOC(=O)/C(C#N)=C(\N[C@@H]1O[C@H](COC(C)=O)[C@@H](OC(C)=O)[C@H](OC(C)=O)[C@H]1OC(C)=O)SCC(=O)c1ccccc1. The number of hydrogen-bond donors (Lipinski definition) is 1. The molecule has 1 fully saturated rings. The van der Waals surface area contributed by atoms with E-state index in [-0.39, 0.29) is 23.2 Å². The number of nitrogens with one attached hydrogen (secondary N) is 1. The molecule has 1 aliphatic heterocycles. The molecule has 1 aromatic carbocycles. The second-order valence-electron chi connectivity index (χ2n) is 8.88. The van der Waals surface area contributed by atoms with Gasteiger partial charge in [-0.1, -0.05) is 42.1 Å². The monoisotopic (exact) mass is 620 g/mol. The third-order valence-electron chi connectivity index (χ3n) is 5.53. The Bertz CT molecular complexity index is 1280. The number of thioether (sulfide) groups is 1. The van der Waals surface area contributed by atoms with Crippen molar-refractivity contribution in [3.63, 3.8) is 0 Å². The highest BCUT2D eigenvalue weighted by molar-refractivity contribution is 8.03. The van der Waals surface area contributed by atoms with Gasteiger partial charge in [0, 0.05) is 33.3 Å². The zero-order valence-electron chi connectivity index (χ0n) is 24.1. The van der Waals surface area contributed by atoms with E-state index in [1.807, 2.05) is 0 Å². The van der Waals surface area contributed by atoms with Crippen LogP contribution >= 0.6 is 11.8 Å². The van der Waals surface area contributed by atoms with Crippen LogP contribution in [0.2, 0.25) is 0 Å². The standard InChI is InChI=1S/C28H32N2O12S/c1-6-37-28(36)20(12-29)27(43-14-21(35)19-10-8-7-9-11-19)30-26-25(41-18(5)34)24(40-17(4)33)23(39-16(3)32)22(42-26)13-38-15(2)31/h7-11,22-26,30H,6,13-14H2,1-5H3/b27-20+/t22-,23-,24+,25-,26-/m1/s1.